The predicted octanol–water partition coefficient (Wildman–Crippen LogP) is 1.14. The molecular weight excluding hydrogens is 204 g/mol. The van der Waals surface area contributed by atoms with Crippen molar-refractivity contribution in [1.82, 2.24) is 5.32 Å². The highest BCUT2D eigenvalue weighted by molar-refractivity contribution is 5.73. The van der Waals surface area contributed by atoms with Crippen molar-refractivity contribution in [2.75, 3.05) is 6.54 Å². The Kier molecular flexibility index (Phi) is 4.52. The second kappa shape index (κ2) is 6.18. The van der Waals surface area contributed by atoms with Gasteiger partial charge in [-0.25, -0.2) is 4.79 Å². The van der Waals surface area contributed by atoms with Crippen LogP contribution in [0, 0.1) is 11.8 Å². The van der Waals surface area contributed by atoms with Gasteiger partial charge in [0.25, 0.3) is 0 Å². The molecule has 0 saturated heterocycles. The third-order valence-electron chi connectivity index (χ3n) is 1.68. The Balaban J connectivity index is 2.69. The normalized spacial score (nSPS) is 8.31. The lowest BCUT2D eigenvalue weighted by Crippen LogP contribution is -2.19. The van der Waals surface area contributed by atoms with Gasteiger partial charge in [0.15, 0.2) is 0 Å². The highest BCUT2D eigenvalue weighted by atomic mass is 16.1. The Morgan fingerprint density at radius 1 is 1.50 bits per heavy atom. The van der Waals surface area contributed by atoms with Gasteiger partial charge in [-0.05, 0) is 18.2 Å². The predicted molar refractivity (Wildman–Crippen MR) is 59.8 cm³/mol. The summed E-state index contributed by atoms with van der Waals surface area (Å²) in [5.74, 6) is 5.51. The van der Waals surface area contributed by atoms with Gasteiger partial charge < -0.3 is 5.32 Å². The maximum absolute atomic E-state index is 10.6. The van der Waals surface area contributed by atoms with Gasteiger partial charge in [0, 0.05) is 12.5 Å². The van der Waals surface area contributed by atoms with E-state index in [4.69, 9.17) is 0 Å². The lowest BCUT2D eigenvalue weighted by atomic mass is 10.2. The molecular formula is C12H10N2O2. The van der Waals surface area contributed by atoms with Gasteiger partial charge in [0.2, 0.25) is 12.0 Å². The largest absolute Gasteiger partial charge is 0.345 e. The molecule has 0 aliphatic carbocycles. The molecule has 1 aromatic carbocycles. The van der Waals surface area contributed by atoms with Crippen LogP contribution in [0.3, 0.4) is 0 Å². The van der Waals surface area contributed by atoms with Gasteiger partial charge in [-0.2, -0.15) is 4.99 Å². The summed E-state index contributed by atoms with van der Waals surface area (Å²) in [6.45, 7) is 1.73. The quantitative estimate of drug-likeness (QED) is 0.456. The smallest absolute Gasteiger partial charge is 0.240 e. The molecule has 0 saturated carbocycles. The van der Waals surface area contributed by atoms with Crippen LogP contribution in [0.4, 0.5) is 5.69 Å². The molecule has 0 spiro atoms. The van der Waals surface area contributed by atoms with Crippen LogP contribution >= 0.6 is 0 Å². The zero-order chi connectivity index (χ0) is 11.8. The molecule has 1 aromatic rings. The summed E-state index contributed by atoms with van der Waals surface area (Å²) in [5, 5.41) is 2.56. The number of nitrogens with one attached hydrogen (secondary N) is 1. The monoisotopic (exact) mass is 214 g/mol. The van der Waals surface area contributed by atoms with Gasteiger partial charge in [-0.1, -0.05) is 17.9 Å². The average molecular weight is 214 g/mol. The van der Waals surface area contributed by atoms with E-state index < -0.39 is 0 Å². The van der Waals surface area contributed by atoms with Crippen LogP contribution in [-0.2, 0) is 9.59 Å². The van der Waals surface area contributed by atoms with E-state index in [0.29, 0.717) is 12.2 Å². The Bertz CT molecular complexity index is 491. The Morgan fingerprint density at radius 2 is 2.31 bits per heavy atom. The number of carbonyl (C=O) groups is 1. The Hall–Kier alpha value is -2.37. The van der Waals surface area contributed by atoms with Crippen molar-refractivity contribution in [2.45, 2.75) is 6.92 Å². The molecule has 80 valence electrons. The third kappa shape index (κ3) is 4.23. The van der Waals surface area contributed by atoms with Gasteiger partial charge in [-0.15, -0.1) is 0 Å². The molecule has 1 N–H and O–H groups in total. The average Bonchev–Trinajstić information content (AvgIpc) is 2.25. The summed E-state index contributed by atoms with van der Waals surface area (Å²) in [5.41, 5.74) is 1.25. The second-order valence-corrected chi connectivity index (χ2v) is 2.96. The van der Waals surface area contributed by atoms with Crippen molar-refractivity contribution in [3.8, 4) is 11.8 Å². The number of isocyanates is 1. The van der Waals surface area contributed by atoms with E-state index in [0.717, 1.165) is 5.56 Å². The van der Waals surface area contributed by atoms with E-state index in [1.54, 1.807) is 24.3 Å². The Labute approximate surface area is 93.4 Å². The number of amides is 1. The molecule has 4 heteroatoms. The summed E-state index contributed by atoms with van der Waals surface area (Å²) in [6, 6.07) is 6.90. The lowest BCUT2D eigenvalue weighted by Gasteiger charge is -1.93. The highest BCUT2D eigenvalue weighted by Gasteiger charge is 1.90. The van der Waals surface area contributed by atoms with Crippen LogP contribution < -0.4 is 5.32 Å². The van der Waals surface area contributed by atoms with Crippen molar-refractivity contribution in [2.24, 2.45) is 4.99 Å². The number of nitrogens with zero attached hydrogens (tertiary/aromatic N) is 1. The topological polar surface area (TPSA) is 58.5 Å². The zero-order valence-corrected chi connectivity index (χ0v) is 8.78. The summed E-state index contributed by atoms with van der Waals surface area (Å²) >= 11 is 0. The number of rotatable bonds is 2. The van der Waals surface area contributed by atoms with Gasteiger partial charge in [0.1, 0.15) is 0 Å². The van der Waals surface area contributed by atoms with Crippen LogP contribution in [0.25, 0.3) is 0 Å². The summed E-state index contributed by atoms with van der Waals surface area (Å²) in [4.78, 5) is 24.1. The molecule has 0 unspecified atom stereocenters. The number of aliphatic imine (C=N–C) groups is 1. The SMILES string of the molecule is CC(=O)NCC#Cc1cccc(N=C=O)c1. The van der Waals surface area contributed by atoms with Gasteiger partial charge in [-0.3, -0.25) is 4.79 Å². The molecule has 16 heavy (non-hydrogen) atoms. The van der Waals surface area contributed by atoms with E-state index in [2.05, 4.69) is 22.2 Å². The third-order valence-corrected chi connectivity index (χ3v) is 1.68. The van der Waals surface area contributed by atoms with Gasteiger partial charge >= 0.3 is 0 Å². The van der Waals surface area contributed by atoms with E-state index in [1.807, 2.05) is 0 Å². The fourth-order valence-electron chi connectivity index (χ4n) is 1.02. The molecule has 0 aliphatic heterocycles. The molecule has 0 atom stereocenters. The van der Waals surface area contributed by atoms with E-state index in [-0.39, 0.29) is 5.91 Å². The van der Waals surface area contributed by atoms with E-state index in [9.17, 15) is 9.59 Å². The Morgan fingerprint density at radius 3 is 3.00 bits per heavy atom. The fraction of sp³-hybridized carbons (Fsp3) is 0.167. The molecule has 0 aliphatic rings. The molecule has 0 heterocycles. The zero-order valence-electron chi connectivity index (χ0n) is 8.78. The van der Waals surface area contributed by atoms with E-state index in [1.165, 1.54) is 13.0 Å². The molecule has 0 fully saturated rings. The van der Waals surface area contributed by atoms with Crippen LogP contribution in [0.1, 0.15) is 12.5 Å². The van der Waals surface area contributed by atoms with Crippen LogP contribution in [-0.4, -0.2) is 18.5 Å². The standard InChI is InChI=1S/C12H10N2O2/c1-10(16)13-7-3-5-11-4-2-6-12(8-11)14-9-15/h2,4,6,8H,7H2,1H3,(H,13,16). The molecule has 0 radical (unpaired) electrons. The molecule has 0 aromatic heterocycles. The van der Waals surface area contributed by atoms with Crippen LogP contribution in [0.15, 0.2) is 29.3 Å². The second-order valence-electron chi connectivity index (χ2n) is 2.96. The van der Waals surface area contributed by atoms with Crippen LogP contribution in [0.2, 0.25) is 0 Å². The first-order chi connectivity index (χ1) is 7.72. The van der Waals surface area contributed by atoms with Gasteiger partial charge in [0.05, 0.1) is 12.2 Å². The molecule has 4 nitrogen and oxygen atoms in total. The number of carbonyl (C=O) groups excluding carboxylic acids is 2. The minimum absolute atomic E-state index is 0.117. The number of benzene rings is 1. The number of hydrogen-bond donors (Lipinski definition) is 1. The van der Waals surface area contributed by atoms with Crippen molar-refractivity contribution in [1.29, 1.82) is 0 Å². The first-order valence-corrected chi connectivity index (χ1v) is 4.63. The molecule has 0 bridgehead atoms. The minimum atomic E-state index is -0.117. The maximum atomic E-state index is 10.6. The summed E-state index contributed by atoms with van der Waals surface area (Å²) in [7, 11) is 0. The van der Waals surface area contributed by atoms with Crippen molar-refractivity contribution < 1.29 is 9.59 Å². The molecule has 1 amide bonds. The fourth-order valence-corrected chi connectivity index (χ4v) is 1.02. The first kappa shape index (κ1) is 11.7. The minimum Gasteiger partial charge on any atom is -0.345 e. The molecule has 1 rings (SSSR count). The van der Waals surface area contributed by atoms with Crippen LogP contribution in [0.5, 0.6) is 0 Å². The van der Waals surface area contributed by atoms with E-state index >= 15 is 0 Å². The highest BCUT2D eigenvalue weighted by Crippen LogP contribution is 2.11. The summed E-state index contributed by atoms with van der Waals surface area (Å²) in [6.07, 6.45) is 1.46. The maximum Gasteiger partial charge on any atom is 0.240 e. The lowest BCUT2D eigenvalue weighted by molar-refractivity contribution is -0.118. The van der Waals surface area contributed by atoms with Crippen molar-refractivity contribution in [3.05, 3.63) is 29.8 Å². The summed E-state index contributed by atoms with van der Waals surface area (Å²) < 4.78 is 0. The van der Waals surface area contributed by atoms with Crippen molar-refractivity contribution in [3.63, 3.8) is 0 Å². The van der Waals surface area contributed by atoms with Crippen molar-refractivity contribution >= 4 is 17.7 Å². The number of hydrogen-bond acceptors (Lipinski definition) is 3. The first-order valence-electron chi connectivity index (χ1n) is 4.63.